The SMILES string of the molecule is CCC(C)c1nc(N2CCCN3CCCC3C2)sc1C=O. The number of fused-ring (bicyclic) bond motifs is 1. The Morgan fingerprint density at radius 3 is 2.95 bits per heavy atom. The summed E-state index contributed by atoms with van der Waals surface area (Å²) in [4.78, 5) is 22.0. The molecule has 0 amide bonds. The Hall–Kier alpha value is -0.940. The molecule has 0 bridgehead atoms. The average Bonchev–Trinajstić information content (AvgIpc) is 3.08. The van der Waals surface area contributed by atoms with Gasteiger partial charge in [0, 0.05) is 25.7 Å². The van der Waals surface area contributed by atoms with Gasteiger partial charge in [0.1, 0.15) is 0 Å². The maximum absolute atomic E-state index is 11.3. The zero-order chi connectivity index (χ0) is 14.8. The predicted octanol–water partition coefficient (Wildman–Crippen LogP) is 3.14. The van der Waals surface area contributed by atoms with E-state index in [1.54, 1.807) is 11.3 Å². The molecular formula is C16H25N3OS. The maximum atomic E-state index is 11.3. The second kappa shape index (κ2) is 6.44. The number of aldehydes is 1. The number of carbonyl (C=O) groups excluding carboxylic acids is 1. The quantitative estimate of drug-likeness (QED) is 0.801. The molecule has 0 N–H and O–H groups in total. The Morgan fingerprint density at radius 2 is 2.19 bits per heavy atom. The Labute approximate surface area is 131 Å². The van der Waals surface area contributed by atoms with E-state index in [4.69, 9.17) is 4.98 Å². The van der Waals surface area contributed by atoms with Gasteiger partial charge in [0.05, 0.1) is 10.6 Å². The van der Waals surface area contributed by atoms with Crippen molar-refractivity contribution >= 4 is 22.8 Å². The molecule has 21 heavy (non-hydrogen) atoms. The van der Waals surface area contributed by atoms with Crippen molar-refractivity contribution in [3.63, 3.8) is 0 Å². The molecule has 3 rings (SSSR count). The molecule has 2 saturated heterocycles. The number of thiazole rings is 1. The van der Waals surface area contributed by atoms with Crippen LogP contribution >= 0.6 is 11.3 Å². The first-order valence-electron chi connectivity index (χ1n) is 8.17. The average molecular weight is 307 g/mol. The number of anilines is 1. The van der Waals surface area contributed by atoms with E-state index in [0.717, 1.165) is 41.5 Å². The molecule has 2 aliphatic rings. The number of hydrogen-bond donors (Lipinski definition) is 0. The zero-order valence-corrected chi connectivity index (χ0v) is 13.9. The fraction of sp³-hybridized carbons (Fsp3) is 0.750. The molecule has 2 aliphatic heterocycles. The van der Waals surface area contributed by atoms with E-state index >= 15 is 0 Å². The van der Waals surface area contributed by atoms with Gasteiger partial charge in [-0.25, -0.2) is 4.98 Å². The van der Waals surface area contributed by atoms with Crippen molar-refractivity contribution in [3.8, 4) is 0 Å². The second-order valence-corrected chi connectivity index (χ2v) is 7.31. The van der Waals surface area contributed by atoms with Crippen LogP contribution in [-0.4, -0.2) is 48.4 Å². The van der Waals surface area contributed by atoms with Crippen LogP contribution in [0.5, 0.6) is 0 Å². The van der Waals surface area contributed by atoms with Gasteiger partial charge in [-0.1, -0.05) is 25.2 Å². The summed E-state index contributed by atoms with van der Waals surface area (Å²) in [5.41, 5.74) is 1.00. The van der Waals surface area contributed by atoms with Crippen LogP contribution in [0.2, 0.25) is 0 Å². The number of aromatic nitrogens is 1. The Balaban J connectivity index is 1.82. The highest BCUT2D eigenvalue weighted by Crippen LogP contribution is 2.33. The van der Waals surface area contributed by atoms with Crippen molar-refractivity contribution in [2.45, 2.75) is 51.5 Å². The number of carbonyl (C=O) groups is 1. The molecule has 1 aromatic rings. The van der Waals surface area contributed by atoms with Crippen LogP contribution in [0.15, 0.2) is 0 Å². The molecule has 0 radical (unpaired) electrons. The van der Waals surface area contributed by atoms with Crippen molar-refractivity contribution in [1.82, 2.24) is 9.88 Å². The smallest absolute Gasteiger partial charge is 0.186 e. The van der Waals surface area contributed by atoms with Crippen molar-refractivity contribution < 1.29 is 4.79 Å². The number of rotatable bonds is 4. The third-order valence-electron chi connectivity index (χ3n) is 4.93. The van der Waals surface area contributed by atoms with Gasteiger partial charge in [0.15, 0.2) is 11.4 Å². The first-order valence-corrected chi connectivity index (χ1v) is 8.99. The molecule has 116 valence electrons. The fourth-order valence-electron chi connectivity index (χ4n) is 3.48. The van der Waals surface area contributed by atoms with E-state index in [0.29, 0.717) is 12.0 Å². The Morgan fingerprint density at radius 1 is 1.38 bits per heavy atom. The molecule has 3 heterocycles. The van der Waals surface area contributed by atoms with Gasteiger partial charge in [0.2, 0.25) is 0 Å². The lowest BCUT2D eigenvalue weighted by Gasteiger charge is -2.25. The second-order valence-electron chi connectivity index (χ2n) is 6.30. The van der Waals surface area contributed by atoms with Crippen LogP contribution in [0.3, 0.4) is 0 Å². The highest BCUT2D eigenvalue weighted by Gasteiger charge is 2.30. The highest BCUT2D eigenvalue weighted by atomic mass is 32.1. The summed E-state index contributed by atoms with van der Waals surface area (Å²) in [5.74, 6) is 0.366. The molecule has 0 aromatic carbocycles. The minimum absolute atomic E-state index is 0.366. The molecule has 0 spiro atoms. The summed E-state index contributed by atoms with van der Waals surface area (Å²) in [6.45, 7) is 8.93. The molecule has 1 aromatic heterocycles. The minimum Gasteiger partial charge on any atom is -0.346 e. The number of nitrogens with zero attached hydrogens (tertiary/aromatic N) is 3. The van der Waals surface area contributed by atoms with Gasteiger partial charge < -0.3 is 4.90 Å². The van der Waals surface area contributed by atoms with Gasteiger partial charge in [-0.05, 0) is 38.1 Å². The molecule has 2 fully saturated rings. The van der Waals surface area contributed by atoms with Gasteiger partial charge in [-0.3, -0.25) is 9.69 Å². The van der Waals surface area contributed by atoms with Crippen molar-refractivity contribution in [2.24, 2.45) is 0 Å². The largest absolute Gasteiger partial charge is 0.346 e. The summed E-state index contributed by atoms with van der Waals surface area (Å²) in [6, 6.07) is 0.683. The normalized spacial score (nSPS) is 24.7. The van der Waals surface area contributed by atoms with Gasteiger partial charge in [-0.2, -0.15) is 0 Å². The first kappa shape index (κ1) is 15.0. The standard InChI is InChI=1S/C16H25N3OS/c1-3-12(2)15-14(11-20)21-16(17-15)19-9-5-8-18-7-4-6-13(18)10-19/h11-13H,3-10H2,1-2H3. The van der Waals surface area contributed by atoms with Crippen molar-refractivity contribution in [3.05, 3.63) is 10.6 Å². The zero-order valence-electron chi connectivity index (χ0n) is 13.0. The lowest BCUT2D eigenvalue weighted by atomic mass is 10.0. The van der Waals surface area contributed by atoms with Gasteiger partial charge in [-0.15, -0.1) is 0 Å². The van der Waals surface area contributed by atoms with Crippen LogP contribution in [-0.2, 0) is 0 Å². The lowest BCUT2D eigenvalue weighted by molar-refractivity contribution is 0.112. The molecule has 0 saturated carbocycles. The van der Waals surface area contributed by atoms with Crippen molar-refractivity contribution in [2.75, 3.05) is 31.1 Å². The van der Waals surface area contributed by atoms with Crippen LogP contribution in [0.25, 0.3) is 0 Å². The summed E-state index contributed by atoms with van der Waals surface area (Å²) < 4.78 is 0. The van der Waals surface area contributed by atoms with E-state index in [1.807, 2.05) is 0 Å². The highest BCUT2D eigenvalue weighted by molar-refractivity contribution is 7.17. The van der Waals surface area contributed by atoms with E-state index in [9.17, 15) is 4.79 Å². The van der Waals surface area contributed by atoms with Crippen LogP contribution in [0.1, 0.15) is 60.8 Å². The fourth-order valence-corrected chi connectivity index (χ4v) is 4.51. The van der Waals surface area contributed by atoms with Crippen LogP contribution in [0, 0.1) is 0 Å². The third-order valence-corrected chi connectivity index (χ3v) is 5.99. The predicted molar refractivity (Wildman–Crippen MR) is 87.6 cm³/mol. The van der Waals surface area contributed by atoms with Crippen molar-refractivity contribution in [1.29, 1.82) is 0 Å². The Kier molecular flexibility index (Phi) is 4.60. The summed E-state index contributed by atoms with van der Waals surface area (Å²) in [7, 11) is 0. The van der Waals surface area contributed by atoms with E-state index < -0.39 is 0 Å². The number of hydrogen-bond acceptors (Lipinski definition) is 5. The molecule has 2 unspecified atom stereocenters. The van der Waals surface area contributed by atoms with Gasteiger partial charge >= 0.3 is 0 Å². The first-order chi connectivity index (χ1) is 10.2. The lowest BCUT2D eigenvalue weighted by Crippen LogP contribution is -2.36. The maximum Gasteiger partial charge on any atom is 0.186 e. The third kappa shape index (κ3) is 2.99. The molecule has 5 heteroatoms. The Bertz CT molecular complexity index is 502. The molecular weight excluding hydrogens is 282 g/mol. The molecule has 0 aliphatic carbocycles. The van der Waals surface area contributed by atoms with Crippen LogP contribution < -0.4 is 4.90 Å². The monoisotopic (exact) mass is 307 g/mol. The summed E-state index contributed by atoms with van der Waals surface area (Å²) >= 11 is 1.58. The summed E-state index contributed by atoms with van der Waals surface area (Å²) in [6.07, 6.45) is 5.85. The van der Waals surface area contributed by atoms with E-state index in [-0.39, 0.29) is 0 Å². The van der Waals surface area contributed by atoms with Crippen LogP contribution in [0.4, 0.5) is 5.13 Å². The minimum atomic E-state index is 0.366. The summed E-state index contributed by atoms with van der Waals surface area (Å²) in [5, 5.41) is 1.06. The van der Waals surface area contributed by atoms with E-state index in [2.05, 4.69) is 23.6 Å². The molecule has 2 atom stereocenters. The van der Waals surface area contributed by atoms with E-state index in [1.165, 1.54) is 32.4 Å². The molecule has 4 nitrogen and oxygen atoms in total. The topological polar surface area (TPSA) is 36.4 Å². The van der Waals surface area contributed by atoms with Gasteiger partial charge in [0.25, 0.3) is 0 Å².